The third kappa shape index (κ3) is 1.40. The largest absolute Gasteiger partial charge is 0.496 e. The van der Waals surface area contributed by atoms with Crippen LogP contribution >= 0.6 is 11.8 Å². The molecule has 0 saturated carbocycles. The molecule has 0 saturated heterocycles. The Hall–Kier alpha value is -1.09. The summed E-state index contributed by atoms with van der Waals surface area (Å²) in [7, 11) is 1.69. The van der Waals surface area contributed by atoms with Gasteiger partial charge in [0.25, 0.3) is 0 Å². The maximum absolute atomic E-state index is 5.26. The van der Waals surface area contributed by atoms with Crippen molar-refractivity contribution in [3.05, 3.63) is 24.3 Å². The van der Waals surface area contributed by atoms with Gasteiger partial charge in [0.05, 0.1) is 12.1 Å². The molecule has 3 heteroatoms. The lowest BCUT2D eigenvalue weighted by Crippen LogP contribution is -1.81. The smallest absolute Gasteiger partial charge is 0.128 e. The molecular formula is C10H11NOS. The number of benzene rings is 1. The van der Waals surface area contributed by atoms with Crippen LogP contribution in [0.5, 0.6) is 5.75 Å². The van der Waals surface area contributed by atoms with Crippen molar-refractivity contribution in [2.75, 3.05) is 13.4 Å². The van der Waals surface area contributed by atoms with E-state index < -0.39 is 0 Å². The van der Waals surface area contributed by atoms with Crippen LogP contribution in [0, 0.1) is 0 Å². The number of rotatable bonds is 2. The van der Waals surface area contributed by atoms with E-state index in [9.17, 15) is 0 Å². The van der Waals surface area contributed by atoms with Gasteiger partial charge in [0, 0.05) is 10.9 Å². The summed E-state index contributed by atoms with van der Waals surface area (Å²) in [6.07, 6.45) is 2.05. The third-order valence-corrected chi connectivity index (χ3v) is 2.70. The first-order valence-corrected chi connectivity index (χ1v) is 5.27. The maximum atomic E-state index is 5.26. The number of ether oxygens (including phenoxy) is 1. The van der Waals surface area contributed by atoms with Crippen LogP contribution in [0.15, 0.2) is 29.3 Å². The van der Waals surface area contributed by atoms with Crippen LogP contribution in [0.2, 0.25) is 0 Å². The van der Waals surface area contributed by atoms with E-state index in [1.54, 1.807) is 18.9 Å². The van der Waals surface area contributed by atoms with Crippen molar-refractivity contribution in [2.45, 2.75) is 5.03 Å². The second kappa shape index (κ2) is 3.34. The standard InChI is InChI=1S/C10H11NOS/c1-12-9-5-3-4-8-7(9)6-10(11-8)13-2/h3-6,11H,1-2H3. The second-order valence-corrected chi connectivity index (χ2v) is 3.61. The lowest BCUT2D eigenvalue weighted by molar-refractivity contribution is 0.420. The summed E-state index contributed by atoms with van der Waals surface area (Å²) in [6.45, 7) is 0. The number of hydrogen-bond acceptors (Lipinski definition) is 2. The number of thioether (sulfide) groups is 1. The summed E-state index contributed by atoms with van der Waals surface area (Å²) in [6, 6.07) is 8.12. The molecule has 0 amide bonds. The third-order valence-electron chi connectivity index (χ3n) is 2.04. The Morgan fingerprint density at radius 1 is 1.38 bits per heavy atom. The van der Waals surface area contributed by atoms with Gasteiger partial charge in [-0.15, -0.1) is 11.8 Å². The first-order chi connectivity index (χ1) is 6.35. The molecule has 0 fully saturated rings. The topological polar surface area (TPSA) is 25.0 Å². The van der Waals surface area contributed by atoms with Crippen LogP contribution in [0.1, 0.15) is 0 Å². The molecule has 0 atom stereocenters. The summed E-state index contributed by atoms with van der Waals surface area (Å²) in [5.41, 5.74) is 1.13. The van der Waals surface area contributed by atoms with Crippen molar-refractivity contribution in [2.24, 2.45) is 0 Å². The van der Waals surface area contributed by atoms with Gasteiger partial charge in [-0.05, 0) is 24.5 Å². The number of hydrogen-bond donors (Lipinski definition) is 1. The molecular weight excluding hydrogens is 182 g/mol. The van der Waals surface area contributed by atoms with Gasteiger partial charge in [-0.1, -0.05) is 6.07 Å². The van der Waals surface area contributed by atoms with Crippen LogP contribution in [0.4, 0.5) is 0 Å². The van der Waals surface area contributed by atoms with Gasteiger partial charge >= 0.3 is 0 Å². The molecule has 68 valence electrons. The average Bonchev–Trinajstić information content (AvgIpc) is 2.59. The Morgan fingerprint density at radius 3 is 2.92 bits per heavy atom. The molecule has 0 radical (unpaired) electrons. The first kappa shape index (κ1) is 8.51. The molecule has 0 spiro atoms. The number of methoxy groups -OCH3 is 1. The zero-order valence-corrected chi connectivity index (χ0v) is 8.44. The average molecular weight is 193 g/mol. The van der Waals surface area contributed by atoms with E-state index in [1.807, 2.05) is 12.1 Å². The Bertz CT molecular complexity index is 422. The minimum atomic E-state index is 0.925. The summed E-state index contributed by atoms with van der Waals surface area (Å²) in [5.74, 6) is 0.925. The Morgan fingerprint density at radius 2 is 2.23 bits per heavy atom. The van der Waals surface area contributed by atoms with Gasteiger partial charge in [-0.25, -0.2) is 0 Å². The van der Waals surface area contributed by atoms with Gasteiger partial charge in [-0.2, -0.15) is 0 Å². The number of fused-ring (bicyclic) bond motifs is 1. The molecule has 0 bridgehead atoms. The summed E-state index contributed by atoms with van der Waals surface area (Å²) in [5, 5.41) is 2.31. The van der Waals surface area contributed by atoms with E-state index in [2.05, 4.69) is 23.4 Å². The number of aromatic amines is 1. The Labute approximate surface area is 81.3 Å². The molecule has 1 heterocycles. The highest BCUT2D eigenvalue weighted by molar-refractivity contribution is 7.98. The minimum Gasteiger partial charge on any atom is -0.496 e. The van der Waals surface area contributed by atoms with Crippen molar-refractivity contribution >= 4 is 22.7 Å². The maximum Gasteiger partial charge on any atom is 0.128 e. The summed E-state index contributed by atoms with van der Waals surface area (Å²) in [4.78, 5) is 3.30. The minimum absolute atomic E-state index is 0.925. The summed E-state index contributed by atoms with van der Waals surface area (Å²) < 4.78 is 5.26. The van der Waals surface area contributed by atoms with E-state index in [0.29, 0.717) is 0 Å². The van der Waals surface area contributed by atoms with Crippen molar-refractivity contribution in [3.63, 3.8) is 0 Å². The molecule has 2 aromatic rings. The van der Waals surface area contributed by atoms with Gasteiger partial charge < -0.3 is 9.72 Å². The lowest BCUT2D eigenvalue weighted by Gasteiger charge is -1.99. The fourth-order valence-electron chi connectivity index (χ4n) is 1.39. The predicted molar refractivity (Wildman–Crippen MR) is 56.6 cm³/mol. The quantitative estimate of drug-likeness (QED) is 0.742. The van der Waals surface area contributed by atoms with Crippen molar-refractivity contribution in [1.29, 1.82) is 0 Å². The molecule has 2 rings (SSSR count). The molecule has 0 aliphatic heterocycles. The zero-order chi connectivity index (χ0) is 9.26. The molecule has 1 N–H and O–H groups in total. The van der Waals surface area contributed by atoms with Crippen LogP contribution in [-0.4, -0.2) is 18.3 Å². The number of nitrogens with one attached hydrogen (secondary N) is 1. The fourth-order valence-corrected chi connectivity index (χ4v) is 1.84. The van der Waals surface area contributed by atoms with Crippen molar-refractivity contribution < 1.29 is 4.74 Å². The van der Waals surface area contributed by atoms with Crippen LogP contribution in [-0.2, 0) is 0 Å². The molecule has 13 heavy (non-hydrogen) atoms. The first-order valence-electron chi connectivity index (χ1n) is 4.05. The molecule has 1 aromatic heterocycles. The van der Waals surface area contributed by atoms with Gasteiger partial charge in [0.1, 0.15) is 5.75 Å². The molecule has 1 aromatic carbocycles. The molecule has 2 nitrogen and oxygen atoms in total. The van der Waals surface area contributed by atoms with E-state index in [4.69, 9.17) is 4.74 Å². The van der Waals surface area contributed by atoms with Crippen molar-refractivity contribution in [1.82, 2.24) is 4.98 Å². The fraction of sp³-hybridized carbons (Fsp3) is 0.200. The normalized spacial score (nSPS) is 10.6. The molecule has 0 unspecified atom stereocenters. The zero-order valence-electron chi connectivity index (χ0n) is 7.63. The summed E-state index contributed by atoms with van der Waals surface area (Å²) >= 11 is 1.70. The molecule has 0 aliphatic rings. The highest BCUT2D eigenvalue weighted by Crippen LogP contribution is 2.28. The highest BCUT2D eigenvalue weighted by Gasteiger charge is 2.03. The highest BCUT2D eigenvalue weighted by atomic mass is 32.2. The van der Waals surface area contributed by atoms with E-state index in [1.165, 1.54) is 5.03 Å². The lowest BCUT2D eigenvalue weighted by atomic mass is 10.2. The Balaban J connectivity index is 2.67. The van der Waals surface area contributed by atoms with Crippen LogP contribution < -0.4 is 4.74 Å². The van der Waals surface area contributed by atoms with Crippen LogP contribution in [0.3, 0.4) is 0 Å². The van der Waals surface area contributed by atoms with Gasteiger partial charge in [0.15, 0.2) is 0 Å². The van der Waals surface area contributed by atoms with Gasteiger partial charge in [0.2, 0.25) is 0 Å². The second-order valence-electron chi connectivity index (χ2n) is 2.76. The van der Waals surface area contributed by atoms with E-state index >= 15 is 0 Å². The monoisotopic (exact) mass is 193 g/mol. The van der Waals surface area contributed by atoms with Gasteiger partial charge in [-0.3, -0.25) is 0 Å². The van der Waals surface area contributed by atoms with Crippen LogP contribution in [0.25, 0.3) is 10.9 Å². The number of aromatic nitrogens is 1. The van der Waals surface area contributed by atoms with E-state index in [-0.39, 0.29) is 0 Å². The Kier molecular flexibility index (Phi) is 2.19. The molecule has 0 aliphatic carbocycles. The number of H-pyrrole nitrogens is 1. The van der Waals surface area contributed by atoms with Crippen molar-refractivity contribution in [3.8, 4) is 5.75 Å². The van der Waals surface area contributed by atoms with E-state index in [0.717, 1.165) is 16.7 Å². The SMILES string of the molecule is COc1cccc2[nH]c(SC)cc12. The predicted octanol–water partition coefficient (Wildman–Crippen LogP) is 2.90.